The minimum absolute atomic E-state index is 0.0769. The maximum atomic E-state index is 14.0. The molecule has 2 fully saturated rings. The zero-order valence-corrected chi connectivity index (χ0v) is 20.7. The summed E-state index contributed by atoms with van der Waals surface area (Å²) in [6.07, 6.45) is 3.68. The van der Waals surface area contributed by atoms with E-state index in [0.717, 1.165) is 43.4 Å². The van der Waals surface area contributed by atoms with E-state index >= 15 is 0 Å². The Hall–Kier alpha value is -3.89. The van der Waals surface area contributed by atoms with Crippen LogP contribution in [0.2, 0.25) is 0 Å². The molecule has 194 valence electrons. The van der Waals surface area contributed by atoms with E-state index in [1.807, 2.05) is 17.0 Å². The summed E-state index contributed by atoms with van der Waals surface area (Å²) in [5.41, 5.74) is 1.23. The topological polar surface area (TPSA) is 107 Å². The van der Waals surface area contributed by atoms with Gasteiger partial charge in [0.05, 0.1) is 12.1 Å². The third-order valence-corrected chi connectivity index (χ3v) is 7.73. The number of benzene rings is 2. The second-order valence-corrected chi connectivity index (χ2v) is 10.2. The van der Waals surface area contributed by atoms with Gasteiger partial charge in [-0.2, -0.15) is 5.21 Å². The fraction of sp³-hybridized carbons (Fsp3) is 0.423. The van der Waals surface area contributed by atoms with Gasteiger partial charge in [-0.05, 0) is 72.6 Å². The van der Waals surface area contributed by atoms with Crippen LogP contribution in [-0.2, 0) is 6.54 Å². The van der Waals surface area contributed by atoms with Gasteiger partial charge in [-0.15, -0.1) is 5.10 Å². The van der Waals surface area contributed by atoms with Crippen molar-refractivity contribution < 1.29 is 18.4 Å². The van der Waals surface area contributed by atoms with E-state index < -0.39 is 17.2 Å². The minimum Gasteiger partial charge on any atom is -0.313 e. The largest absolute Gasteiger partial charge is 0.325 e. The molecule has 0 bridgehead atoms. The first kappa shape index (κ1) is 24.8. The summed E-state index contributed by atoms with van der Waals surface area (Å²) in [6.45, 7) is 5.22. The van der Waals surface area contributed by atoms with Crippen LogP contribution in [0.1, 0.15) is 55.5 Å². The number of nitrogens with zero attached hydrogens (tertiary/aromatic N) is 5. The number of anilines is 2. The highest BCUT2D eigenvalue weighted by Crippen LogP contribution is 2.45. The third kappa shape index (κ3) is 4.90. The minimum atomic E-state index is -0.976. The lowest BCUT2D eigenvalue weighted by atomic mass is 9.72. The van der Waals surface area contributed by atoms with Gasteiger partial charge in [-0.1, -0.05) is 31.1 Å². The van der Waals surface area contributed by atoms with E-state index in [1.54, 1.807) is 17.0 Å². The molecule has 1 aliphatic carbocycles. The van der Waals surface area contributed by atoms with Crippen LogP contribution in [0.3, 0.4) is 0 Å². The summed E-state index contributed by atoms with van der Waals surface area (Å²) >= 11 is 0. The average molecular weight is 510 g/mol. The van der Waals surface area contributed by atoms with Gasteiger partial charge in [0.1, 0.15) is 0 Å². The van der Waals surface area contributed by atoms with E-state index in [1.165, 1.54) is 6.07 Å². The Kier molecular flexibility index (Phi) is 6.61. The SMILES string of the molecule is CC(C)C1CCC2(CC1)CN(c1ccc(F)c(F)c1)C(=O)N2Cc1ccc(C(=O)Nc2nn[nH]n2)cc1. The monoisotopic (exact) mass is 509 g/mol. The van der Waals surface area contributed by atoms with Crippen molar-refractivity contribution in [3.05, 3.63) is 65.2 Å². The molecule has 1 aliphatic heterocycles. The number of hydrogen-bond donors (Lipinski definition) is 2. The number of aromatic amines is 1. The number of aromatic nitrogens is 4. The van der Waals surface area contributed by atoms with E-state index in [2.05, 4.69) is 39.8 Å². The Morgan fingerprint density at radius 2 is 1.86 bits per heavy atom. The van der Waals surface area contributed by atoms with Gasteiger partial charge < -0.3 is 4.90 Å². The Balaban J connectivity index is 1.38. The number of H-pyrrole nitrogens is 1. The fourth-order valence-electron chi connectivity index (χ4n) is 5.49. The smallest absolute Gasteiger partial charge is 0.313 e. The third-order valence-electron chi connectivity index (χ3n) is 7.73. The molecule has 1 spiro atoms. The zero-order chi connectivity index (χ0) is 26.2. The maximum absolute atomic E-state index is 14.0. The normalized spacial score (nSPS) is 21.8. The zero-order valence-electron chi connectivity index (χ0n) is 20.7. The summed E-state index contributed by atoms with van der Waals surface area (Å²) < 4.78 is 27.6. The van der Waals surface area contributed by atoms with Crippen molar-refractivity contribution in [2.75, 3.05) is 16.8 Å². The van der Waals surface area contributed by atoms with Crippen molar-refractivity contribution in [2.45, 2.75) is 51.6 Å². The van der Waals surface area contributed by atoms with Crippen molar-refractivity contribution in [3.63, 3.8) is 0 Å². The lowest BCUT2D eigenvalue weighted by Crippen LogP contribution is -2.49. The van der Waals surface area contributed by atoms with Gasteiger partial charge in [0, 0.05) is 23.9 Å². The van der Waals surface area contributed by atoms with E-state index in [0.29, 0.717) is 36.2 Å². The molecule has 9 nitrogen and oxygen atoms in total. The van der Waals surface area contributed by atoms with Gasteiger partial charge in [-0.25, -0.2) is 13.6 Å². The summed E-state index contributed by atoms with van der Waals surface area (Å²) in [6, 6.07) is 10.3. The summed E-state index contributed by atoms with van der Waals surface area (Å²) in [5.74, 6) is -1.06. The lowest BCUT2D eigenvalue weighted by molar-refractivity contribution is 0.0843. The molecular weight excluding hydrogens is 480 g/mol. The Morgan fingerprint density at radius 1 is 1.14 bits per heavy atom. The molecule has 0 radical (unpaired) electrons. The van der Waals surface area contributed by atoms with Crippen molar-refractivity contribution in [1.29, 1.82) is 0 Å². The predicted molar refractivity (Wildman–Crippen MR) is 133 cm³/mol. The van der Waals surface area contributed by atoms with Gasteiger partial charge >= 0.3 is 6.03 Å². The Morgan fingerprint density at radius 3 is 2.49 bits per heavy atom. The van der Waals surface area contributed by atoms with E-state index in [9.17, 15) is 18.4 Å². The van der Waals surface area contributed by atoms with Gasteiger partial charge in [0.25, 0.3) is 11.9 Å². The first-order chi connectivity index (χ1) is 17.8. The predicted octanol–water partition coefficient (Wildman–Crippen LogP) is 4.76. The molecule has 0 unspecified atom stereocenters. The van der Waals surface area contributed by atoms with Crippen molar-refractivity contribution in [1.82, 2.24) is 25.5 Å². The molecule has 1 saturated carbocycles. The fourth-order valence-corrected chi connectivity index (χ4v) is 5.49. The molecule has 1 aromatic heterocycles. The summed E-state index contributed by atoms with van der Waals surface area (Å²) in [5, 5.41) is 15.6. The van der Waals surface area contributed by atoms with Crippen LogP contribution in [0.5, 0.6) is 0 Å². The highest BCUT2D eigenvalue weighted by atomic mass is 19.2. The first-order valence-electron chi connectivity index (χ1n) is 12.4. The number of urea groups is 1. The molecule has 2 heterocycles. The average Bonchev–Trinajstić information content (AvgIpc) is 3.49. The molecule has 3 amide bonds. The van der Waals surface area contributed by atoms with Crippen LogP contribution < -0.4 is 10.2 Å². The Labute approximate surface area is 213 Å². The number of carbonyl (C=O) groups is 2. The number of rotatable bonds is 6. The number of halogens is 2. The standard InChI is InChI=1S/C26H29F2N7O2/c1-16(2)18-9-11-26(12-10-18)15-34(20-7-8-21(27)22(28)13-20)25(37)35(26)14-17-3-5-19(6-4-17)23(36)29-24-30-32-33-31-24/h3-8,13,16,18H,9-12,14-15H2,1-2H3,(H2,29,30,31,32,33,36). The highest BCUT2D eigenvalue weighted by molar-refractivity contribution is 6.03. The molecule has 11 heteroatoms. The number of amides is 3. The van der Waals surface area contributed by atoms with Gasteiger partial charge in [0.2, 0.25) is 0 Å². The number of hydrogen-bond acceptors (Lipinski definition) is 5. The van der Waals surface area contributed by atoms with E-state index in [-0.39, 0.29) is 17.9 Å². The lowest BCUT2D eigenvalue weighted by Gasteiger charge is -2.43. The van der Waals surface area contributed by atoms with Crippen LogP contribution >= 0.6 is 0 Å². The first-order valence-corrected chi connectivity index (χ1v) is 12.4. The molecule has 2 aromatic carbocycles. The molecule has 5 rings (SSSR count). The van der Waals surface area contributed by atoms with Gasteiger partial charge in [0.15, 0.2) is 11.6 Å². The molecule has 3 aromatic rings. The number of nitrogens with one attached hydrogen (secondary N) is 2. The second kappa shape index (κ2) is 9.87. The van der Waals surface area contributed by atoms with Crippen LogP contribution in [0.15, 0.2) is 42.5 Å². The molecule has 0 atom stereocenters. The van der Waals surface area contributed by atoms with Gasteiger partial charge in [-0.3, -0.25) is 15.0 Å². The molecule has 2 N–H and O–H groups in total. The second-order valence-electron chi connectivity index (χ2n) is 10.2. The van der Waals surface area contributed by atoms with E-state index in [4.69, 9.17) is 0 Å². The number of tetrazole rings is 1. The quantitative estimate of drug-likeness (QED) is 0.498. The van der Waals surface area contributed by atoms with Crippen molar-refractivity contribution in [3.8, 4) is 0 Å². The summed E-state index contributed by atoms with van der Waals surface area (Å²) in [4.78, 5) is 29.6. The summed E-state index contributed by atoms with van der Waals surface area (Å²) in [7, 11) is 0. The molecule has 2 aliphatic rings. The van der Waals surface area contributed by atoms with Crippen molar-refractivity contribution in [2.24, 2.45) is 11.8 Å². The van der Waals surface area contributed by atoms with Crippen LogP contribution in [0, 0.1) is 23.5 Å². The molecule has 1 saturated heterocycles. The van der Waals surface area contributed by atoms with Crippen molar-refractivity contribution >= 4 is 23.6 Å². The Bertz CT molecular complexity index is 1270. The van der Waals surface area contributed by atoms with Crippen LogP contribution in [0.4, 0.5) is 25.2 Å². The molecule has 37 heavy (non-hydrogen) atoms. The van der Waals surface area contributed by atoms with Crippen LogP contribution in [0.25, 0.3) is 0 Å². The molecular formula is C26H29F2N7O2. The highest BCUT2D eigenvalue weighted by Gasteiger charge is 2.51. The van der Waals surface area contributed by atoms with Crippen LogP contribution in [-0.4, -0.2) is 49.5 Å². The number of carbonyl (C=O) groups excluding carboxylic acids is 2. The maximum Gasteiger partial charge on any atom is 0.325 e.